The lowest BCUT2D eigenvalue weighted by molar-refractivity contribution is -0.348. The van der Waals surface area contributed by atoms with E-state index in [1.54, 1.807) is 6.07 Å². The standard InChI is InChI=1S/C19H15BrF7NO2S/c20-14-2-1-3-15(10-14)31(29,30)16(8-9-28-11-16)12-4-6-13(7-5-12)17(21,18(22,23)24)19(25,26)27/h1-7,10,28H,8-9,11H2. The first-order valence-electron chi connectivity index (χ1n) is 8.81. The molecule has 12 heteroatoms. The van der Waals surface area contributed by atoms with Gasteiger partial charge in [0.05, 0.1) is 4.90 Å². The first kappa shape index (κ1) is 24.0. The van der Waals surface area contributed by atoms with Crippen LogP contribution in [0.4, 0.5) is 30.7 Å². The molecule has 0 bridgehead atoms. The molecule has 0 aromatic heterocycles. The molecule has 31 heavy (non-hydrogen) atoms. The van der Waals surface area contributed by atoms with Crippen molar-refractivity contribution in [3.05, 3.63) is 64.1 Å². The molecule has 1 atom stereocenters. The van der Waals surface area contributed by atoms with Crippen LogP contribution in [0.15, 0.2) is 57.9 Å². The number of halogens is 8. The van der Waals surface area contributed by atoms with Crippen molar-refractivity contribution >= 4 is 25.8 Å². The monoisotopic (exact) mass is 533 g/mol. The molecule has 2 aromatic carbocycles. The Bertz CT molecular complexity index is 1050. The summed E-state index contributed by atoms with van der Waals surface area (Å²) < 4.78 is 118. The fourth-order valence-corrected chi connectivity index (χ4v) is 6.30. The molecule has 1 aliphatic heterocycles. The van der Waals surface area contributed by atoms with Gasteiger partial charge in [-0.15, -0.1) is 0 Å². The Morgan fingerprint density at radius 1 is 0.903 bits per heavy atom. The molecule has 0 amide bonds. The smallest absolute Gasteiger partial charge is 0.315 e. The minimum Gasteiger partial charge on any atom is -0.315 e. The van der Waals surface area contributed by atoms with Crippen LogP contribution >= 0.6 is 15.9 Å². The highest BCUT2D eigenvalue weighted by molar-refractivity contribution is 9.10. The summed E-state index contributed by atoms with van der Waals surface area (Å²) in [5.74, 6) is 0. The van der Waals surface area contributed by atoms with Crippen LogP contribution in [0.5, 0.6) is 0 Å². The maximum Gasteiger partial charge on any atom is 0.435 e. The number of hydrogen-bond acceptors (Lipinski definition) is 3. The normalized spacial score (nSPS) is 20.8. The Hall–Kier alpha value is -1.66. The molecule has 170 valence electrons. The van der Waals surface area contributed by atoms with Gasteiger partial charge in [-0.2, -0.15) is 26.3 Å². The molecule has 1 saturated heterocycles. The van der Waals surface area contributed by atoms with Crippen molar-refractivity contribution in [3.8, 4) is 0 Å². The second kappa shape index (κ2) is 7.73. The molecule has 0 spiro atoms. The predicted molar refractivity (Wildman–Crippen MR) is 102 cm³/mol. The number of nitrogens with one attached hydrogen (secondary N) is 1. The first-order chi connectivity index (χ1) is 14.2. The zero-order valence-electron chi connectivity index (χ0n) is 15.5. The molecule has 1 fully saturated rings. The third kappa shape index (κ3) is 3.76. The quantitative estimate of drug-likeness (QED) is 0.535. The van der Waals surface area contributed by atoms with Crippen LogP contribution in [0, 0.1) is 0 Å². The van der Waals surface area contributed by atoms with Gasteiger partial charge in [0, 0.05) is 16.6 Å². The summed E-state index contributed by atoms with van der Waals surface area (Å²) in [6, 6.07) is 8.08. The Labute approximate surface area is 181 Å². The highest BCUT2D eigenvalue weighted by Crippen LogP contribution is 2.53. The Morgan fingerprint density at radius 2 is 1.48 bits per heavy atom. The van der Waals surface area contributed by atoms with Crippen molar-refractivity contribution in [2.45, 2.75) is 34.1 Å². The Morgan fingerprint density at radius 3 is 1.94 bits per heavy atom. The fourth-order valence-electron chi connectivity index (χ4n) is 3.65. The van der Waals surface area contributed by atoms with Crippen molar-refractivity contribution < 1.29 is 39.2 Å². The van der Waals surface area contributed by atoms with Crippen LogP contribution in [0.1, 0.15) is 17.5 Å². The van der Waals surface area contributed by atoms with Crippen LogP contribution in [-0.2, 0) is 20.3 Å². The molecule has 0 aliphatic carbocycles. The number of rotatable bonds is 4. The van der Waals surface area contributed by atoms with Crippen LogP contribution in [-0.4, -0.2) is 33.9 Å². The van der Waals surface area contributed by atoms with Crippen LogP contribution in [0.2, 0.25) is 0 Å². The lowest BCUT2D eigenvalue weighted by Crippen LogP contribution is -2.50. The van der Waals surface area contributed by atoms with E-state index in [-0.39, 0.29) is 30.0 Å². The van der Waals surface area contributed by atoms with Crippen molar-refractivity contribution in [3.63, 3.8) is 0 Å². The molecule has 1 heterocycles. The third-order valence-corrected chi connectivity index (χ3v) is 8.31. The van der Waals surface area contributed by atoms with Crippen LogP contribution < -0.4 is 5.32 Å². The number of hydrogen-bond donors (Lipinski definition) is 1. The van der Waals surface area contributed by atoms with Gasteiger partial charge >= 0.3 is 18.0 Å². The van der Waals surface area contributed by atoms with Gasteiger partial charge < -0.3 is 5.32 Å². The summed E-state index contributed by atoms with van der Waals surface area (Å²) >= 11 is 3.17. The SMILES string of the molecule is O=S(=O)(c1cccc(Br)c1)C1(c2ccc(C(F)(C(F)(F)F)C(F)(F)F)cc2)CCNC1. The van der Waals surface area contributed by atoms with E-state index in [4.69, 9.17) is 0 Å². The maximum atomic E-state index is 14.3. The lowest BCUT2D eigenvalue weighted by Gasteiger charge is -2.32. The summed E-state index contributed by atoms with van der Waals surface area (Å²) in [7, 11) is -4.11. The van der Waals surface area contributed by atoms with Crippen LogP contribution in [0.3, 0.4) is 0 Å². The van der Waals surface area contributed by atoms with Gasteiger partial charge in [-0.1, -0.05) is 46.3 Å². The zero-order chi connectivity index (χ0) is 23.3. The highest BCUT2D eigenvalue weighted by Gasteiger charge is 2.73. The molecule has 0 saturated carbocycles. The minimum absolute atomic E-state index is 0.0283. The van der Waals surface area contributed by atoms with Gasteiger partial charge in [-0.3, -0.25) is 0 Å². The Balaban J connectivity index is 2.13. The summed E-state index contributed by atoms with van der Waals surface area (Å²) in [6.45, 7) is 0.146. The van der Waals surface area contributed by atoms with Crippen molar-refractivity contribution in [1.29, 1.82) is 0 Å². The average Bonchev–Trinajstić information content (AvgIpc) is 3.17. The zero-order valence-corrected chi connectivity index (χ0v) is 17.9. The molecule has 0 radical (unpaired) electrons. The van der Waals surface area contributed by atoms with Crippen molar-refractivity contribution in [2.24, 2.45) is 0 Å². The summed E-state index contributed by atoms with van der Waals surface area (Å²) in [6.07, 6.45) is -12.5. The summed E-state index contributed by atoms with van der Waals surface area (Å²) in [4.78, 5) is -0.0694. The number of alkyl halides is 7. The van der Waals surface area contributed by atoms with E-state index in [1.807, 2.05) is 0 Å². The first-order valence-corrected chi connectivity index (χ1v) is 11.1. The van der Waals surface area contributed by atoms with E-state index in [2.05, 4.69) is 21.2 Å². The molecule has 2 aromatic rings. The van der Waals surface area contributed by atoms with Gasteiger partial charge in [0.1, 0.15) is 4.75 Å². The second-order valence-corrected chi connectivity index (χ2v) is 10.3. The molecular formula is C19H15BrF7NO2S. The molecule has 1 aliphatic rings. The van der Waals surface area contributed by atoms with Gasteiger partial charge in [-0.25, -0.2) is 12.8 Å². The average molecular weight is 534 g/mol. The fraction of sp³-hybridized carbons (Fsp3) is 0.368. The lowest BCUT2D eigenvalue weighted by atomic mass is 9.90. The minimum atomic E-state index is -6.25. The predicted octanol–water partition coefficient (Wildman–Crippen LogP) is 5.40. The van der Waals surface area contributed by atoms with E-state index in [0.717, 1.165) is 12.1 Å². The van der Waals surface area contributed by atoms with Gasteiger partial charge in [-0.05, 0) is 36.7 Å². The highest BCUT2D eigenvalue weighted by atomic mass is 79.9. The molecule has 3 nitrogen and oxygen atoms in total. The van der Waals surface area contributed by atoms with E-state index in [9.17, 15) is 39.2 Å². The van der Waals surface area contributed by atoms with Gasteiger partial charge in [0.2, 0.25) is 0 Å². The van der Waals surface area contributed by atoms with Crippen LogP contribution in [0.25, 0.3) is 0 Å². The Kier molecular flexibility index (Phi) is 5.98. The maximum absolute atomic E-state index is 14.3. The molecular weight excluding hydrogens is 519 g/mol. The topological polar surface area (TPSA) is 46.2 Å². The van der Waals surface area contributed by atoms with E-state index in [0.29, 0.717) is 16.6 Å². The van der Waals surface area contributed by atoms with E-state index in [1.165, 1.54) is 18.2 Å². The van der Waals surface area contributed by atoms with Crippen molar-refractivity contribution in [2.75, 3.05) is 13.1 Å². The summed E-state index contributed by atoms with van der Waals surface area (Å²) in [5, 5.41) is 2.87. The molecule has 1 N–H and O–H groups in total. The van der Waals surface area contributed by atoms with Gasteiger partial charge in [0.25, 0.3) is 0 Å². The summed E-state index contributed by atoms with van der Waals surface area (Å²) in [5.41, 5.74) is -7.28. The van der Waals surface area contributed by atoms with Crippen molar-refractivity contribution in [1.82, 2.24) is 5.32 Å². The molecule has 3 rings (SSSR count). The van der Waals surface area contributed by atoms with E-state index >= 15 is 0 Å². The van der Waals surface area contributed by atoms with E-state index < -0.39 is 38.2 Å². The number of sulfone groups is 1. The number of benzene rings is 2. The second-order valence-electron chi connectivity index (χ2n) is 7.11. The van der Waals surface area contributed by atoms with Gasteiger partial charge in [0.15, 0.2) is 9.84 Å². The largest absolute Gasteiger partial charge is 0.435 e. The molecule has 1 unspecified atom stereocenters. The third-order valence-electron chi connectivity index (χ3n) is 5.33.